The summed E-state index contributed by atoms with van der Waals surface area (Å²) in [5.74, 6) is -3.74. The van der Waals surface area contributed by atoms with E-state index < -0.39 is 29.4 Å². The molecule has 2 aliphatic rings. The molecule has 2 aromatic rings. The van der Waals surface area contributed by atoms with Gasteiger partial charge in [0.2, 0.25) is 17.6 Å². The number of hydrogen-bond acceptors (Lipinski definition) is 4. The molecule has 1 aliphatic heterocycles. The first kappa shape index (κ1) is 14.5. The Bertz CT molecular complexity index is 854. The molecule has 118 valence electrons. The smallest absolute Gasteiger partial charge is 0.288 e. The highest BCUT2D eigenvalue weighted by Gasteiger charge is 2.43. The zero-order valence-electron chi connectivity index (χ0n) is 12.7. The Hall–Kier alpha value is -3.08. The minimum atomic E-state index is -1.03. The number of hydrogen-bond donors (Lipinski definition) is 0. The van der Waals surface area contributed by atoms with Gasteiger partial charge in [-0.25, -0.2) is 4.90 Å². The number of Topliss-reactive ketones (excluding diaryl/α,β-unsaturated/α-hetero) is 1. The summed E-state index contributed by atoms with van der Waals surface area (Å²) >= 11 is 0. The van der Waals surface area contributed by atoms with Gasteiger partial charge in [-0.05, 0) is 22.3 Å². The first-order valence-corrected chi connectivity index (χ1v) is 7.72. The maximum Gasteiger partial charge on any atom is 0.304 e. The average molecular weight is 319 g/mol. The molecule has 24 heavy (non-hydrogen) atoms. The van der Waals surface area contributed by atoms with Crippen molar-refractivity contribution in [2.75, 3.05) is 0 Å². The van der Waals surface area contributed by atoms with Crippen molar-refractivity contribution in [1.29, 1.82) is 0 Å². The Balaban J connectivity index is 1.79. The zero-order valence-corrected chi connectivity index (χ0v) is 12.7. The zero-order chi connectivity index (χ0) is 16.8. The minimum Gasteiger partial charge on any atom is -0.288 e. The number of carbonyl (C=O) groups is 4. The van der Waals surface area contributed by atoms with Crippen LogP contribution < -0.4 is 0 Å². The summed E-state index contributed by atoms with van der Waals surface area (Å²) in [5.41, 5.74) is 3.27. The number of likely N-dealkylation sites (tertiary alicyclic amines) is 1. The standard InChI is InChI=1S/C19H13NO4/c21-15-9-10-16(22)20(15)19(24)18(23)17-13-7-3-1-5-11(13)12-6-2-4-8-14(12)17/h1-8,17H,9-10H2. The quantitative estimate of drug-likeness (QED) is 0.627. The highest BCUT2D eigenvalue weighted by atomic mass is 16.2. The second-order valence-corrected chi connectivity index (χ2v) is 5.90. The highest BCUT2D eigenvalue weighted by molar-refractivity contribution is 6.45. The summed E-state index contributed by atoms with van der Waals surface area (Å²) in [6.45, 7) is 0. The number of fused-ring (bicyclic) bond motifs is 3. The normalized spacial score (nSPS) is 16.2. The molecule has 1 aliphatic carbocycles. The van der Waals surface area contributed by atoms with Crippen LogP contribution in [0.25, 0.3) is 11.1 Å². The monoisotopic (exact) mass is 319 g/mol. The van der Waals surface area contributed by atoms with Crippen molar-refractivity contribution < 1.29 is 19.2 Å². The Morgan fingerprint density at radius 2 is 1.25 bits per heavy atom. The van der Waals surface area contributed by atoms with Gasteiger partial charge in [-0.3, -0.25) is 19.2 Å². The molecular weight excluding hydrogens is 306 g/mol. The number of carbonyl (C=O) groups excluding carboxylic acids is 4. The highest BCUT2D eigenvalue weighted by Crippen LogP contribution is 2.45. The Morgan fingerprint density at radius 3 is 1.75 bits per heavy atom. The van der Waals surface area contributed by atoms with E-state index in [1.807, 2.05) is 36.4 Å². The molecule has 0 bridgehead atoms. The summed E-state index contributed by atoms with van der Waals surface area (Å²) < 4.78 is 0. The van der Waals surface area contributed by atoms with E-state index in [-0.39, 0.29) is 12.8 Å². The maximum atomic E-state index is 12.9. The lowest BCUT2D eigenvalue weighted by Crippen LogP contribution is -2.42. The second kappa shape index (κ2) is 5.23. The van der Waals surface area contributed by atoms with E-state index in [0.717, 1.165) is 22.3 Å². The molecule has 0 atom stereocenters. The fraction of sp³-hybridized carbons (Fsp3) is 0.158. The van der Waals surface area contributed by atoms with Crippen molar-refractivity contribution in [2.45, 2.75) is 18.8 Å². The van der Waals surface area contributed by atoms with Crippen molar-refractivity contribution in [2.24, 2.45) is 0 Å². The summed E-state index contributed by atoms with van der Waals surface area (Å²) in [7, 11) is 0. The molecular formula is C19H13NO4. The van der Waals surface area contributed by atoms with E-state index in [2.05, 4.69) is 0 Å². The number of imide groups is 3. The molecule has 0 N–H and O–H groups in total. The van der Waals surface area contributed by atoms with Crippen LogP contribution in [0.1, 0.15) is 29.9 Å². The fourth-order valence-electron chi connectivity index (χ4n) is 3.47. The van der Waals surface area contributed by atoms with Crippen LogP contribution in [0, 0.1) is 0 Å². The Kier molecular flexibility index (Phi) is 3.16. The van der Waals surface area contributed by atoms with Crippen molar-refractivity contribution in [3.63, 3.8) is 0 Å². The average Bonchev–Trinajstić information content (AvgIpc) is 3.11. The number of rotatable bonds is 2. The summed E-state index contributed by atoms with van der Waals surface area (Å²) in [6, 6.07) is 14.8. The van der Waals surface area contributed by atoms with Crippen molar-refractivity contribution in [1.82, 2.24) is 4.90 Å². The van der Waals surface area contributed by atoms with Crippen molar-refractivity contribution >= 4 is 23.5 Å². The Morgan fingerprint density at radius 1 is 0.792 bits per heavy atom. The summed E-state index contributed by atoms with van der Waals surface area (Å²) in [4.78, 5) is 49.4. The fourth-order valence-corrected chi connectivity index (χ4v) is 3.47. The molecule has 0 radical (unpaired) electrons. The second-order valence-electron chi connectivity index (χ2n) is 5.90. The number of benzene rings is 2. The van der Waals surface area contributed by atoms with Crippen LogP contribution in [-0.4, -0.2) is 28.4 Å². The van der Waals surface area contributed by atoms with Crippen LogP contribution in [0.3, 0.4) is 0 Å². The van der Waals surface area contributed by atoms with E-state index in [4.69, 9.17) is 0 Å². The molecule has 0 saturated carbocycles. The first-order chi connectivity index (χ1) is 11.6. The van der Waals surface area contributed by atoms with Crippen LogP contribution >= 0.6 is 0 Å². The third-order valence-corrected chi connectivity index (χ3v) is 4.56. The first-order valence-electron chi connectivity index (χ1n) is 7.72. The molecule has 3 amide bonds. The van der Waals surface area contributed by atoms with E-state index in [0.29, 0.717) is 4.90 Å². The number of ketones is 1. The molecule has 1 heterocycles. The maximum absolute atomic E-state index is 12.9. The molecule has 0 spiro atoms. The van der Waals surface area contributed by atoms with Crippen LogP contribution in [0.4, 0.5) is 0 Å². The molecule has 5 heteroatoms. The third-order valence-electron chi connectivity index (χ3n) is 4.56. The van der Waals surface area contributed by atoms with Gasteiger partial charge < -0.3 is 0 Å². The van der Waals surface area contributed by atoms with Gasteiger partial charge in [0.05, 0.1) is 5.92 Å². The molecule has 2 aromatic carbocycles. The van der Waals surface area contributed by atoms with Gasteiger partial charge in [-0.15, -0.1) is 0 Å². The number of nitrogens with zero attached hydrogens (tertiary/aromatic N) is 1. The summed E-state index contributed by atoms with van der Waals surface area (Å²) in [6.07, 6.45) is -0.0363. The topological polar surface area (TPSA) is 71.5 Å². The van der Waals surface area contributed by atoms with Gasteiger partial charge >= 0.3 is 5.91 Å². The molecule has 0 aromatic heterocycles. The molecule has 4 rings (SSSR count). The lowest BCUT2D eigenvalue weighted by molar-refractivity contribution is -0.155. The Labute approximate surface area is 137 Å². The van der Waals surface area contributed by atoms with Gasteiger partial charge in [0.25, 0.3) is 0 Å². The van der Waals surface area contributed by atoms with Crippen LogP contribution in [0.15, 0.2) is 48.5 Å². The molecule has 5 nitrogen and oxygen atoms in total. The largest absolute Gasteiger partial charge is 0.304 e. The molecule has 1 fully saturated rings. The van der Waals surface area contributed by atoms with Gasteiger partial charge in [0, 0.05) is 12.8 Å². The third kappa shape index (κ3) is 1.94. The molecule has 0 unspecified atom stereocenters. The summed E-state index contributed by atoms with van der Waals surface area (Å²) in [5, 5.41) is 0. The van der Waals surface area contributed by atoms with E-state index in [1.165, 1.54) is 0 Å². The van der Waals surface area contributed by atoms with Crippen LogP contribution in [0.2, 0.25) is 0 Å². The van der Waals surface area contributed by atoms with Gasteiger partial charge in [0.1, 0.15) is 0 Å². The van der Waals surface area contributed by atoms with Gasteiger partial charge in [-0.2, -0.15) is 0 Å². The number of amides is 3. The predicted octanol–water partition coefficient (Wildman–Crippen LogP) is 2.04. The SMILES string of the molecule is O=C(C(=O)N1C(=O)CCC1=O)C1c2ccccc2-c2ccccc21. The van der Waals surface area contributed by atoms with E-state index >= 15 is 0 Å². The predicted molar refractivity (Wildman–Crippen MR) is 84.8 cm³/mol. The van der Waals surface area contributed by atoms with E-state index in [1.54, 1.807) is 12.1 Å². The lowest BCUT2D eigenvalue weighted by atomic mass is 9.92. The van der Waals surface area contributed by atoms with E-state index in [9.17, 15) is 19.2 Å². The van der Waals surface area contributed by atoms with Crippen molar-refractivity contribution in [3.05, 3.63) is 59.7 Å². The van der Waals surface area contributed by atoms with Crippen LogP contribution in [0.5, 0.6) is 0 Å². The lowest BCUT2D eigenvalue weighted by Gasteiger charge is -2.16. The van der Waals surface area contributed by atoms with Gasteiger partial charge in [0.15, 0.2) is 0 Å². The van der Waals surface area contributed by atoms with Crippen LogP contribution in [-0.2, 0) is 19.2 Å². The molecule has 1 saturated heterocycles. The minimum absolute atomic E-state index is 0.0182. The van der Waals surface area contributed by atoms with Gasteiger partial charge in [-0.1, -0.05) is 48.5 Å². The van der Waals surface area contributed by atoms with Crippen molar-refractivity contribution in [3.8, 4) is 11.1 Å².